The van der Waals surface area contributed by atoms with Crippen LogP contribution in [0.15, 0.2) is 11.8 Å². The number of halogens is 3. The quantitative estimate of drug-likeness (QED) is 0.740. The number of nitrogens with one attached hydrogen (secondary N) is 1. The van der Waals surface area contributed by atoms with Gasteiger partial charge in [-0.3, -0.25) is 4.79 Å². The molecule has 0 aliphatic heterocycles. The fourth-order valence-electron chi connectivity index (χ4n) is 1.10. The smallest absolute Gasteiger partial charge is 0.388 e. The number of rotatable bonds is 3. The van der Waals surface area contributed by atoms with Gasteiger partial charge >= 0.3 is 6.18 Å². The van der Waals surface area contributed by atoms with Crippen molar-refractivity contribution in [2.75, 3.05) is 6.54 Å². The van der Waals surface area contributed by atoms with Gasteiger partial charge in [-0.15, -0.1) is 0 Å². The second-order valence-electron chi connectivity index (χ2n) is 2.93. The summed E-state index contributed by atoms with van der Waals surface area (Å²) in [6.45, 7) is -0.150. The van der Waals surface area contributed by atoms with Gasteiger partial charge < -0.3 is 5.32 Å². The highest BCUT2D eigenvalue weighted by atomic mass is 19.4. The first kappa shape index (κ1) is 10.1. The molecule has 13 heavy (non-hydrogen) atoms. The third-order valence-corrected chi connectivity index (χ3v) is 1.74. The molecule has 0 bridgehead atoms. The first-order chi connectivity index (χ1) is 5.97. The Morgan fingerprint density at radius 1 is 1.38 bits per heavy atom. The number of ketones is 1. The normalized spacial score (nSPS) is 17.5. The van der Waals surface area contributed by atoms with E-state index in [1.54, 1.807) is 0 Å². The average molecular weight is 193 g/mol. The van der Waals surface area contributed by atoms with Crippen molar-refractivity contribution in [2.24, 2.45) is 0 Å². The lowest BCUT2D eigenvalue weighted by Crippen LogP contribution is -2.20. The Kier molecular flexibility index (Phi) is 2.95. The van der Waals surface area contributed by atoms with Crippen LogP contribution >= 0.6 is 0 Å². The van der Waals surface area contributed by atoms with Crippen molar-refractivity contribution in [3.05, 3.63) is 11.8 Å². The average Bonchev–Trinajstić information content (AvgIpc) is 2.33. The Bertz CT molecular complexity index is 232. The molecule has 0 radical (unpaired) electrons. The van der Waals surface area contributed by atoms with Crippen LogP contribution in [0.4, 0.5) is 13.2 Å². The molecule has 0 fully saturated rings. The van der Waals surface area contributed by atoms with Crippen LogP contribution in [0.1, 0.15) is 19.3 Å². The summed E-state index contributed by atoms with van der Waals surface area (Å²) in [6, 6.07) is 0. The van der Waals surface area contributed by atoms with Gasteiger partial charge in [-0.2, -0.15) is 13.2 Å². The van der Waals surface area contributed by atoms with E-state index in [2.05, 4.69) is 5.32 Å². The Labute approximate surface area is 73.8 Å². The molecule has 0 aromatic rings. The summed E-state index contributed by atoms with van der Waals surface area (Å²) in [6.07, 6.45) is -2.67. The summed E-state index contributed by atoms with van der Waals surface area (Å²) >= 11 is 0. The van der Waals surface area contributed by atoms with Crippen molar-refractivity contribution >= 4 is 5.78 Å². The van der Waals surface area contributed by atoms with E-state index in [1.165, 1.54) is 6.08 Å². The van der Waals surface area contributed by atoms with Gasteiger partial charge in [0.25, 0.3) is 0 Å². The highest BCUT2D eigenvalue weighted by molar-refractivity contribution is 5.92. The minimum absolute atomic E-state index is 0.0190. The fourth-order valence-corrected chi connectivity index (χ4v) is 1.10. The standard InChI is InChI=1S/C8H10F3NO/c9-8(10,11)3-4-12-6-1-2-7(13)5-6/h5,12H,1-4H2. The molecule has 1 N–H and O–H groups in total. The third-order valence-electron chi connectivity index (χ3n) is 1.74. The van der Waals surface area contributed by atoms with E-state index in [0.29, 0.717) is 18.5 Å². The molecule has 0 saturated heterocycles. The zero-order valence-electron chi connectivity index (χ0n) is 6.95. The lowest BCUT2D eigenvalue weighted by molar-refractivity contribution is -0.133. The molecular formula is C8H10F3NO. The van der Waals surface area contributed by atoms with Crippen molar-refractivity contribution < 1.29 is 18.0 Å². The van der Waals surface area contributed by atoms with E-state index < -0.39 is 12.6 Å². The van der Waals surface area contributed by atoms with Crippen molar-refractivity contribution in [3.8, 4) is 0 Å². The van der Waals surface area contributed by atoms with E-state index >= 15 is 0 Å². The van der Waals surface area contributed by atoms with Gasteiger partial charge in [0.1, 0.15) is 0 Å². The fraction of sp³-hybridized carbons (Fsp3) is 0.625. The topological polar surface area (TPSA) is 29.1 Å². The van der Waals surface area contributed by atoms with Crippen LogP contribution in [0.3, 0.4) is 0 Å². The van der Waals surface area contributed by atoms with Crippen LogP contribution in [0.2, 0.25) is 0 Å². The van der Waals surface area contributed by atoms with Crippen LogP contribution in [0.5, 0.6) is 0 Å². The minimum Gasteiger partial charge on any atom is -0.388 e. The SMILES string of the molecule is O=C1C=C(NCCC(F)(F)F)CC1. The Morgan fingerprint density at radius 3 is 2.54 bits per heavy atom. The van der Waals surface area contributed by atoms with Crippen LogP contribution in [0, 0.1) is 0 Å². The Hall–Kier alpha value is -1.00. The van der Waals surface area contributed by atoms with Crippen molar-refractivity contribution in [1.29, 1.82) is 0 Å². The van der Waals surface area contributed by atoms with Crippen LogP contribution in [0.25, 0.3) is 0 Å². The third kappa shape index (κ3) is 3.96. The van der Waals surface area contributed by atoms with Gasteiger partial charge in [-0.25, -0.2) is 0 Å². The number of alkyl halides is 3. The molecule has 0 amide bonds. The maximum Gasteiger partial charge on any atom is 0.390 e. The van der Waals surface area contributed by atoms with Crippen LogP contribution in [-0.2, 0) is 4.79 Å². The highest BCUT2D eigenvalue weighted by Gasteiger charge is 2.26. The van der Waals surface area contributed by atoms with E-state index in [-0.39, 0.29) is 12.3 Å². The summed E-state index contributed by atoms with van der Waals surface area (Å²) in [5.41, 5.74) is 0.620. The van der Waals surface area contributed by atoms with Gasteiger partial charge in [0.15, 0.2) is 5.78 Å². The van der Waals surface area contributed by atoms with E-state index in [9.17, 15) is 18.0 Å². The number of hydrogen-bond acceptors (Lipinski definition) is 2. The van der Waals surface area contributed by atoms with Gasteiger partial charge in [0.05, 0.1) is 6.42 Å². The molecular weight excluding hydrogens is 183 g/mol. The molecule has 5 heteroatoms. The zero-order chi connectivity index (χ0) is 9.90. The largest absolute Gasteiger partial charge is 0.390 e. The molecule has 0 atom stereocenters. The van der Waals surface area contributed by atoms with E-state index in [1.807, 2.05) is 0 Å². The number of allylic oxidation sites excluding steroid dienone is 2. The summed E-state index contributed by atoms with van der Waals surface area (Å²) in [7, 11) is 0. The molecule has 0 heterocycles. The first-order valence-corrected chi connectivity index (χ1v) is 4.01. The maximum atomic E-state index is 11.7. The molecule has 74 valence electrons. The minimum atomic E-state index is -4.13. The van der Waals surface area contributed by atoms with Gasteiger partial charge in [-0.05, 0) is 6.42 Å². The zero-order valence-corrected chi connectivity index (χ0v) is 6.95. The predicted octanol–water partition coefficient (Wildman–Crippen LogP) is 1.78. The highest BCUT2D eigenvalue weighted by Crippen LogP contribution is 2.19. The van der Waals surface area contributed by atoms with E-state index in [4.69, 9.17) is 0 Å². The second kappa shape index (κ2) is 3.81. The van der Waals surface area contributed by atoms with Crippen LogP contribution in [-0.4, -0.2) is 18.5 Å². The maximum absolute atomic E-state index is 11.7. The first-order valence-electron chi connectivity index (χ1n) is 4.01. The molecule has 0 unspecified atom stereocenters. The van der Waals surface area contributed by atoms with Gasteiger partial charge in [0, 0.05) is 24.7 Å². The molecule has 2 nitrogen and oxygen atoms in total. The predicted molar refractivity (Wildman–Crippen MR) is 41.0 cm³/mol. The van der Waals surface area contributed by atoms with Crippen LogP contribution < -0.4 is 5.32 Å². The van der Waals surface area contributed by atoms with Gasteiger partial charge in [-0.1, -0.05) is 0 Å². The molecule has 1 aliphatic carbocycles. The van der Waals surface area contributed by atoms with Crippen molar-refractivity contribution in [3.63, 3.8) is 0 Å². The second-order valence-corrected chi connectivity index (χ2v) is 2.93. The monoisotopic (exact) mass is 193 g/mol. The Balaban J connectivity index is 2.20. The lowest BCUT2D eigenvalue weighted by Gasteiger charge is -2.08. The molecule has 1 aliphatic rings. The van der Waals surface area contributed by atoms with Crippen molar-refractivity contribution in [1.82, 2.24) is 5.32 Å². The molecule has 1 rings (SSSR count). The molecule has 0 saturated carbocycles. The number of hydrogen-bond donors (Lipinski definition) is 1. The molecule has 0 spiro atoms. The Morgan fingerprint density at radius 2 is 2.08 bits per heavy atom. The molecule has 0 aromatic carbocycles. The number of carbonyl (C=O) groups is 1. The summed E-state index contributed by atoms with van der Waals surface area (Å²) in [5.74, 6) is -0.0190. The number of carbonyl (C=O) groups excluding carboxylic acids is 1. The van der Waals surface area contributed by atoms with Gasteiger partial charge in [0.2, 0.25) is 0 Å². The molecule has 0 aromatic heterocycles. The lowest BCUT2D eigenvalue weighted by atomic mass is 10.3. The van der Waals surface area contributed by atoms with E-state index in [0.717, 1.165) is 0 Å². The summed E-state index contributed by atoms with van der Waals surface area (Å²) in [4.78, 5) is 10.7. The summed E-state index contributed by atoms with van der Waals surface area (Å²) < 4.78 is 35.0. The van der Waals surface area contributed by atoms with Crippen molar-refractivity contribution in [2.45, 2.75) is 25.4 Å². The summed E-state index contributed by atoms with van der Waals surface area (Å²) in [5, 5.41) is 2.59.